The molecule has 0 radical (unpaired) electrons. The van der Waals surface area contributed by atoms with E-state index in [1.54, 1.807) is 7.11 Å². The predicted molar refractivity (Wildman–Crippen MR) is 79.1 cm³/mol. The highest BCUT2D eigenvalue weighted by Gasteiger charge is 2.17. The largest absolute Gasteiger partial charge is 0.464 e. The van der Waals surface area contributed by atoms with Gasteiger partial charge in [-0.2, -0.15) is 0 Å². The number of methoxy groups -OCH3 is 1. The van der Waals surface area contributed by atoms with E-state index < -0.39 is 0 Å². The van der Waals surface area contributed by atoms with Gasteiger partial charge in [-0.1, -0.05) is 50.3 Å². The van der Waals surface area contributed by atoms with Gasteiger partial charge in [-0.3, -0.25) is 0 Å². The molecule has 0 N–H and O–H groups in total. The first-order chi connectivity index (χ1) is 9.20. The van der Waals surface area contributed by atoms with Gasteiger partial charge in [0.25, 0.3) is 0 Å². The van der Waals surface area contributed by atoms with Crippen LogP contribution in [0.2, 0.25) is 0 Å². The van der Waals surface area contributed by atoms with Crippen LogP contribution in [0, 0.1) is 5.92 Å². The topological polar surface area (TPSA) is 18.5 Å². The Bertz CT molecular complexity index is 629. The van der Waals surface area contributed by atoms with E-state index in [0.717, 1.165) is 11.1 Å². The molecule has 0 fully saturated rings. The third-order valence-electron chi connectivity index (χ3n) is 3.53. The lowest BCUT2D eigenvalue weighted by molar-refractivity contribution is -0.0825. The summed E-state index contributed by atoms with van der Waals surface area (Å²) in [5.74, 6) is 1.20. The zero-order chi connectivity index (χ0) is 13.4. The first-order valence-electron chi connectivity index (χ1n) is 6.64. The van der Waals surface area contributed by atoms with E-state index in [9.17, 15) is 0 Å². The molecule has 19 heavy (non-hydrogen) atoms. The van der Waals surface area contributed by atoms with Crippen LogP contribution in [0.5, 0.6) is 5.75 Å². The highest BCUT2D eigenvalue weighted by molar-refractivity contribution is 6.06. The molecule has 0 amide bonds. The van der Waals surface area contributed by atoms with E-state index in [0.29, 0.717) is 5.92 Å². The van der Waals surface area contributed by atoms with Gasteiger partial charge >= 0.3 is 0 Å². The zero-order valence-corrected chi connectivity index (χ0v) is 11.5. The van der Waals surface area contributed by atoms with Gasteiger partial charge in [0.15, 0.2) is 0 Å². The number of benzene rings is 2. The van der Waals surface area contributed by atoms with Crippen molar-refractivity contribution in [3.63, 3.8) is 0 Å². The maximum Gasteiger partial charge on any atom is 0.201 e. The second-order valence-electron chi connectivity index (χ2n) is 5.22. The van der Waals surface area contributed by atoms with Crippen molar-refractivity contribution in [3.8, 4) is 5.75 Å². The van der Waals surface area contributed by atoms with Crippen molar-refractivity contribution in [1.82, 2.24) is 0 Å². The van der Waals surface area contributed by atoms with Crippen molar-refractivity contribution in [1.29, 1.82) is 0 Å². The quantitative estimate of drug-likeness (QED) is 0.645. The maximum atomic E-state index is 6.03. The molecule has 98 valence electrons. The molecule has 0 saturated carbocycles. The van der Waals surface area contributed by atoms with Crippen molar-refractivity contribution in [3.05, 3.63) is 41.5 Å². The lowest BCUT2D eigenvalue weighted by Crippen LogP contribution is -2.25. The molecule has 0 aromatic heterocycles. The van der Waals surface area contributed by atoms with Crippen LogP contribution in [0.15, 0.2) is 30.3 Å². The van der Waals surface area contributed by atoms with E-state index in [4.69, 9.17) is 9.47 Å². The summed E-state index contributed by atoms with van der Waals surface area (Å²) in [5, 5.41) is 2.43. The van der Waals surface area contributed by atoms with Crippen molar-refractivity contribution in [2.45, 2.75) is 20.1 Å². The van der Waals surface area contributed by atoms with Crippen LogP contribution in [-0.2, 0) is 4.74 Å². The molecule has 2 aromatic carbocycles. The van der Waals surface area contributed by atoms with Crippen molar-refractivity contribution in [2.24, 2.45) is 5.92 Å². The summed E-state index contributed by atoms with van der Waals surface area (Å²) in [6.45, 7) is 4.19. The zero-order valence-electron chi connectivity index (χ0n) is 11.5. The Morgan fingerprint density at radius 1 is 0.947 bits per heavy atom. The van der Waals surface area contributed by atoms with Crippen LogP contribution in [0.25, 0.3) is 22.9 Å². The Morgan fingerprint density at radius 3 is 2.37 bits per heavy atom. The average Bonchev–Trinajstić information content (AvgIpc) is 2.83. The highest BCUT2D eigenvalue weighted by Crippen LogP contribution is 2.37. The summed E-state index contributed by atoms with van der Waals surface area (Å²) in [6, 6.07) is 10.5. The Kier molecular flexibility index (Phi) is 3.03. The van der Waals surface area contributed by atoms with E-state index in [1.807, 2.05) is 6.07 Å². The molecule has 0 heterocycles. The Hall–Kier alpha value is -1.80. The van der Waals surface area contributed by atoms with E-state index in [2.05, 4.69) is 50.3 Å². The second kappa shape index (κ2) is 4.71. The molecule has 2 nitrogen and oxygen atoms in total. The van der Waals surface area contributed by atoms with Crippen molar-refractivity contribution < 1.29 is 9.47 Å². The Balaban J connectivity index is 2.07. The molecule has 0 bridgehead atoms. The summed E-state index contributed by atoms with van der Waals surface area (Å²) >= 11 is 0. The summed E-state index contributed by atoms with van der Waals surface area (Å²) in [4.78, 5) is 0. The highest BCUT2D eigenvalue weighted by atomic mass is 16.7. The number of ether oxygens (including phenoxy) is 2. The molecule has 2 aromatic rings. The summed E-state index contributed by atoms with van der Waals surface area (Å²) in [6.07, 6.45) is 4.08. The molecular weight excluding hydrogens is 236 g/mol. The lowest BCUT2D eigenvalue weighted by atomic mass is 10.0. The fourth-order valence-electron chi connectivity index (χ4n) is 2.58. The molecule has 2 heteroatoms. The van der Waals surface area contributed by atoms with Crippen molar-refractivity contribution >= 4 is 22.9 Å². The maximum absolute atomic E-state index is 6.03. The van der Waals surface area contributed by atoms with Crippen LogP contribution in [-0.4, -0.2) is 13.4 Å². The Morgan fingerprint density at radius 2 is 1.68 bits per heavy atom. The monoisotopic (exact) mass is 254 g/mol. The SMILES string of the molecule is COC(Oc1ccc2c3c(cccc13)C=C2)C(C)C. The van der Waals surface area contributed by atoms with Gasteiger partial charge in [0.2, 0.25) is 6.29 Å². The minimum Gasteiger partial charge on any atom is -0.464 e. The van der Waals surface area contributed by atoms with Gasteiger partial charge < -0.3 is 9.47 Å². The Labute approximate surface area is 113 Å². The third-order valence-corrected chi connectivity index (χ3v) is 3.53. The lowest BCUT2D eigenvalue weighted by Gasteiger charge is -2.22. The van der Waals surface area contributed by atoms with Gasteiger partial charge in [0, 0.05) is 18.4 Å². The molecule has 3 rings (SSSR count). The molecule has 1 unspecified atom stereocenters. The van der Waals surface area contributed by atoms with E-state index in [-0.39, 0.29) is 6.29 Å². The molecule has 0 saturated heterocycles. The third kappa shape index (κ3) is 2.02. The van der Waals surface area contributed by atoms with Gasteiger partial charge in [-0.05, 0) is 22.6 Å². The molecule has 1 aliphatic rings. The van der Waals surface area contributed by atoms with Crippen LogP contribution in [0.3, 0.4) is 0 Å². The van der Waals surface area contributed by atoms with Gasteiger partial charge in [-0.25, -0.2) is 0 Å². The minimum absolute atomic E-state index is 0.216. The predicted octanol–water partition coefficient (Wildman–Crippen LogP) is 4.33. The summed E-state index contributed by atoms with van der Waals surface area (Å²) in [5.41, 5.74) is 2.52. The van der Waals surface area contributed by atoms with Gasteiger partial charge in [0.1, 0.15) is 5.75 Å². The molecule has 1 atom stereocenters. The normalized spacial score (nSPS) is 14.3. The number of rotatable bonds is 4. The molecule has 0 spiro atoms. The smallest absolute Gasteiger partial charge is 0.201 e. The summed E-state index contributed by atoms with van der Waals surface area (Å²) in [7, 11) is 1.69. The fourth-order valence-corrected chi connectivity index (χ4v) is 2.58. The molecule has 0 aliphatic heterocycles. The number of hydrogen-bond donors (Lipinski definition) is 0. The second-order valence-corrected chi connectivity index (χ2v) is 5.22. The van der Waals surface area contributed by atoms with E-state index >= 15 is 0 Å². The fraction of sp³-hybridized carbons (Fsp3) is 0.294. The van der Waals surface area contributed by atoms with Gasteiger partial charge in [-0.15, -0.1) is 0 Å². The van der Waals surface area contributed by atoms with Crippen LogP contribution in [0.4, 0.5) is 0 Å². The van der Waals surface area contributed by atoms with Gasteiger partial charge in [0.05, 0.1) is 0 Å². The first kappa shape index (κ1) is 12.2. The van der Waals surface area contributed by atoms with Crippen LogP contribution >= 0.6 is 0 Å². The van der Waals surface area contributed by atoms with Crippen molar-refractivity contribution in [2.75, 3.05) is 7.11 Å². The average molecular weight is 254 g/mol. The molecular formula is C17H18O2. The minimum atomic E-state index is -0.216. The van der Waals surface area contributed by atoms with E-state index in [1.165, 1.54) is 16.5 Å². The van der Waals surface area contributed by atoms with Crippen LogP contribution in [0.1, 0.15) is 25.0 Å². The standard InChI is InChI=1S/C17H18O2/c1-11(2)17(18-3)19-15-10-9-13-8-7-12-5-4-6-14(15)16(12)13/h4-11,17H,1-3H3. The first-order valence-corrected chi connectivity index (χ1v) is 6.64. The number of hydrogen-bond acceptors (Lipinski definition) is 2. The van der Waals surface area contributed by atoms with Crippen LogP contribution < -0.4 is 4.74 Å². The summed E-state index contributed by atoms with van der Waals surface area (Å²) < 4.78 is 11.4. The molecule has 1 aliphatic carbocycles.